The number of nitrogens with zero attached hydrogens (tertiary/aromatic N) is 1. The molecule has 12 heavy (non-hydrogen) atoms. The second-order valence-electron chi connectivity index (χ2n) is 2.40. The Morgan fingerprint density at radius 2 is 2.33 bits per heavy atom. The van der Waals surface area contributed by atoms with Gasteiger partial charge in [0, 0.05) is 22.8 Å². The summed E-state index contributed by atoms with van der Waals surface area (Å²) >= 11 is 5.77. The van der Waals surface area contributed by atoms with Crippen molar-refractivity contribution in [2.45, 2.75) is 0 Å². The van der Waals surface area contributed by atoms with Crippen LogP contribution in [0.4, 0.5) is 0 Å². The minimum Gasteiger partial charge on any atom is -0.278 e. The van der Waals surface area contributed by atoms with Gasteiger partial charge in [-0.25, -0.2) is 0 Å². The van der Waals surface area contributed by atoms with Gasteiger partial charge in [0.05, 0.1) is 5.69 Å². The third-order valence-electron chi connectivity index (χ3n) is 1.58. The summed E-state index contributed by atoms with van der Waals surface area (Å²) in [5.74, 6) is 0. The first-order valence-electron chi connectivity index (χ1n) is 3.53. The largest absolute Gasteiger partial charge is 0.278 e. The van der Waals surface area contributed by atoms with Crippen LogP contribution in [0.2, 0.25) is 5.02 Å². The van der Waals surface area contributed by atoms with E-state index in [0.717, 1.165) is 11.3 Å². The van der Waals surface area contributed by atoms with E-state index in [2.05, 4.69) is 16.3 Å². The summed E-state index contributed by atoms with van der Waals surface area (Å²) in [6, 6.07) is 10.3. The van der Waals surface area contributed by atoms with E-state index in [-0.39, 0.29) is 0 Å². The highest BCUT2D eigenvalue weighted by molar-refractivity contribution is 6.30. The summed E-state index contributed by atoms with van der Waals surface area (Å²) in [7, 11) is 0. The highest BCUT2D eigenvalue weighted by Crippen LogP contribution is 2.19. The molecule has 2 nitrogen and oxygen atoms in total. The number of rotatable bonds is 1. The number of nitrogens with one attached hydrogen (secondary N) is 1. The Kier molecular flexibility index (Phi) is 1.84. The van der Waals surface area contributed by atoms with Crippen LogP contribution in [-0.4, -0.2) is 10.2 Å². The van der Waals surface area contributed by atoms with Gasteiger partial charge in [-0.1, -0.05) is 23.7 Å². The molecule has 0 aliphatic carbocycles. The fourth-order valence-electron chi connectivity index (χ4n) is 1.02. The number of H-pyrrole nitrogens is 1. The maximum Gasteiger partial charge on any atom is 0.0650 e. The third kappa shape index (κ3) is 1.34. The Morgan fingerprint density at radius 3 is 3.00 bits per heavy atom. The van der Waals surface area contributed by atoms with Crippen LogP contribution in [0.3, 0.4) is 0 Å². The predicted molar refractivity (Wildman–Crippen MR) is 47.9 cm³/mol. The Morgan fingerprint density at radius 1 is 1.42 bits per heavy atom. The van der Waals surface area contributed by atoms with Crippen LogP contribution in [0.1, 0.15) is 0 Å². The van der Waals surface area contributed by atoms with Gasteiger partial charge in [-0.05, 0) is 12.1 Å². The molecule has 0 unspecified atom stereocenters. The van der Waals surface area contributed by atoms with Crippen LogP contribution >= 0.6 is 11.6 Å². The van der Waals surface area contributed by atoms with Gasteiger partial charge >= 0.3 is 0 Å². The van der Waals surface area contributed by atoms with E-state index >= 15 is 0 Å². The molecule has 59 valence electrons. The van der Waals surface area contributed by atoms with Crippen LogP contribution in [0.25, 0.3) is 11.3 Å². The van der Waals surface area contributed by atoms with Crippen molar-refractivity contribution < 1.29 is 0 Å². The Bertz CT molecular complexity index is 368. The number of hydrogen-bond donors (Lipinski definition) is 1. The molecule has 1 radical (unpaired) electrons. The Balaban J connectivity index is 2.48. The molecule has 1 N–H and O–H groups in total. The van der Waals surface area contributed by atoms with Crippen LogP contribution in [0.5, 0.6) is 0 Å². The first kappa shape index (κ1) is 7.37. The normalized spacial score (nSPS) is 10.1. The Hall–Kier alpha value is -1.28. The summed E-state index contributed by atoms with van der Waals surface area (Å²) in [5, 5.41) is 7.32. The molecule has 0 saturated carbocycles. The molecule has 0 fully saturated rings. The van der Waals surface area contributed by atoms with Gasteiger partial charge in [0.15, 0.2) is 0 Å². The smallest absolute Gasteiger partial charge is 0.0650 e. The summed E-state index contributed by atoms with van der Waals surface area (Å²) in [6.45, 7) is 0. The molecule has 0 bridgehead atoms. The molecule has 1 aromatic carbocycles. The van der Waals surface area contributed by atoms with Crippen molar-refractivity contribution in [3.8, 4) is 11.3 Å². The monoisotopic (exact) mass is 177 g/mol. The minimum absolute atomic E-state index is 0.613. The van der Waals surface area contributed by atoms with Gasteiger partial charge in [-0.3, -0.25) is 5.10 Å². The molecule has 1 aromatic heterocycles. The summed E-state index contributed by atoms with van der Waals surface area (Å²) in [5.41, 5.74) is 1.99. The topological polar surface area (TPSA) is 28.7 Å². The van der Waals surface area contributed by atoms with Crippen LogP contribution in [0, 0.1) is 6.07 Å². The van der Waals surface area contributed by atoms with Gasteiger partial charge in [-0.2, -0.15) is 5.10 Å². The molecule has 0 aliphatic rings. The van der Waals surface area contributed by atoms with Crippen LogP contribution in [0.15, 0.2) is 30.5 Å². The van der Waals surface area contributed by atoms with Gasteiger partial charge in [-0.15, -0.1) is 0 Å². The zero-order valence-corrected chi connectivity index (χ0v) is 6.97. The SMILES string of the molecule is Clc1[c]ccc(-c2ccn[nH]2)c1. The van der Waals surface area contributed by atoms with Gasteiger partial charge in [0.1, 0.15) is 0 Å². The lowest BCUT2D eigenvalue weighted by Crippen LogP contribution is -1.77. The standard InChI is InChI=1S/C9H6ClN2/c10-8-3-1-2-7(6-8)9-4-5-11-12-9/h1-2,4-6H,(H,11,12). The molecule has 0 aliphatic heterocycles. The molecule has 0 spiro atoms. The second kappa shape index (κ2) is 2.99. The third-order valence-corrected chi connectivity index (χ3v) is 1.80. The lowest BCUT2D eigenvalue weighted by molar-refractivity contribution is 1.10. The highest BCUT2D eigenvalue weighted by Gasteiger charge is 1.97. The first-order chi connectivity index (χ1) is 5.86. The lowest BCUT2D eigenvalue weighted by Gasteiger charge is -1.95. The van der Waals surface area contributed by atoms with E-state index < -0.39 is 0 Å². The number of aromatic amines is 1. The summed E-state index contributed by atoms with van der Waals surface area (Å²) in [4.78, 5) is 0. The average molecular weight is 178 g/mol. The summed E-state index contributed by atoms with van der Waals surface area (Å²) < 4.78 is 0. The van der Waals surface area contributed by atoms with Gasteiger partial charge < -0.3 is 0 Å². The van der Waals surface area contributed by atoms with Gasteiger partial charge in [0.25, 0.3) is 0 Å². The molecule has 0 saturated heterocycles. The number of benzene rings is 1. The van der Waals surface area contributed by atoms with Crippen molar-refractivity contribution in [1.29, 1.82) is 0 Å². The number of aromatic nitrogens is 2. The molecule has 0 amide bonds. The fraction of sp³-hybridized carbons (Fsp3) is 0. The molecule has 2 rings (SSSR count). The van der Waals surface area contributed by atoms with E-state index in [1.54, 1.807) is 12.3 Å². The molecular weight excluding hydrogens is 172 g/mol. The van der Waals surface area contributed by atoms with E-state index in [0.29, 0.717) is 5.02 Å². The quantitative estimate of drug-likeness (QED) is 0.713. The van der Waals surface area contributed by atoms with Crippen LogP contribution < -0.4 is 0 Å². The maximum atomic E-state index is 5.77. The number of halogens is 1. The van der Waals surface area contributed by atoms with Crippen molar-refractivity contribution in [2.24, 2.45) is 0 Å². The van der Waals surface area contributed by atoms with Crippen molar-refractivity contribution >= 4 is 11.6 Å². The van der Waals surface area contributed by atoms with E-state index in [1.807, 2.05) is 18.2 Å². The van der Waals surface area contributed by atoms with E-state index in [4.69, 9.17) is 11.6 Å². The highest BCUT2D eigenvalue weighted by atomic mass is 35.5. The fourth-order valence-corrected chi connectivity index (χ4v) is 1.20. The zero-order valence-electron chi connectivity index (χ0n) is 6.21. The first-order valence-corrected chi connectivity index (χ1v) is 3.91. The zero-order chi connectivity index (χ0) is 8.39. The van der Waals surface area contributed by atoms with Gasteiger partial charge in [0.2, 0.25) is 0 Å². The molecule has 0 atom stereocenters. The average Bonchev–Trinajstić information content (AvgIpc) is 2.56. The van der Waals surface area contributed by atoms with Crippen molar-refractivity contribution in [3.63, 3.8) is 0 Å². The van der Waals surface area contributed by atoms with E-state index in [9.17, 15) is 0 Å². The molecule has 3 heteroatoms. The van der Waals surface area contributed by atoms with Crippen molar-refractivity contribution in [1.82, 2.24) is 10.2 Å². The molecular formula is C9H6ClN2. The number of hydrogen-bond acceptors (Lipinski definition) is 1. The lowest BCUT2D eigenvalue weighted by atomic mass is 10.2. The molecule has 2 aromatic rings. The van der Waals surface area contributed by atoms with Crippen molar-refractivity contribution in [3.05, 3.63) is 41.6 Å². The second-order valence-corrected chi connectivity index (χ2v) is 2.80. The Labute approximate surface area is 75.2 Å². The van der Waals surface area contributed by atoms with Crippen molar-refractivity contribution in [2.75, 3.05) is 0 Å². The minimum atomic E-state index is 0.613. The predicted octanol–water partition coefficient (Wildman–Crippen LogP) is 2.53. The van der Waals surface area contributed by atoms with E-state index in [1.165, 1.54) is 0 Å². The molecule has 1 heterocycles. The summed E-state index contributed by atoms with van der Waals surface area (Å²) in [6.07, 6.45) is 1.71. The maximum absolute atomic E-state index is 5.77. The van der Waals surface area contributed by atoms with Crippen LogP contribution in [-0.2, 0) is 0 Å².